The van der Waals surface area contributed by atoms with E-state index in [9.17, 15) is 14.4 Å². The molecule has 1 aromatic heterocycles. The third-order valence-corrected chi connectivity index (χ3v) is 6.04. The quantitative estimate of drug-likeness (QED) is 0.690. The Bertz CT molecular complexity index is 1060. The highest BCUT2D eigenvalue weighted by Crippen LogP contribution is 2.30. The second-order valence-electron chi connectivity index (χ2n) is 11.5. The van der Waals surface area contributed by atoms with Crippen molar-refractivity contribution in [2.24, 2.45) is 10.8 Å². The first-order chi connectivity index (χ1) is 15.8. The van der Waals surface area contributed by atoms with Gasteiger partial charge in [0.25, 0.3) is 0 Å². The molecule has 0 spiro atoms. The minimum absolute atomic E-state index is 0.0981. The Morgan fingerprint density at radius 2 is 1.79 bits per heavy atom. The minimum Gasteiger partial charge on any atom is -0.472 e. The highest BCUT2D eigenvalue weighted by molar-refractivity contribution is 5.93. The number of hydrogen-bond acceptors (Lipinski definition) is 5. The first-order valence-corrected chi connectivity index (χ1v) is 11.9. The summed E-state index contributed by atoms with van der Waals surface area (Å²) in [5.74, 6) is -0.0383. The maximum absolute atomic E-state index is 13.7. The fraction of sp³-hybridized carbons (Fsp3) is 0.556. The van der Waals surface area contributed by atoms with E-state index in [1.54, 1.807) is 11.1 Å². The zero-order valence-corrected chi connectivity index (χ0v) is 21.3. The van der Waals surface area contributed by atoms with E-state index in [4.69, 9.17) is 4.74 Å². The summed E-state index contributed by atoms with van der Waals surface area (Å²) in [4.78, 5) is 44.9. The number of benzene rings is 1. The van der Waals surface area contributed by atoms with Gasteiger partial charge in [0.05, 0.1) is 12.6 Å². The van der Waals surface area contributed by atoms with Crippen LogP contribution in [-0.4, -0.2) is 52.2 Å². The van der Waals surface area contributed by atoms with Gasteiger partial charge in [-0.15, -0.1) is 0 Å². The largest absolute Gasteiger partial charge is 0.472 e. The van der Waals surface area contributed by atoms with Crippen molar-refractivity contribution in [2.45, 2.75) is 79.5 Å². The van der Waals surface area contributed by atoms with Gasteiger partial charge in [-0.05, 0) is 35.3 Å². The van der Waals surface area contributed by atoms with Gasteiger partial charge in [-0.1, -0.05) is 59.7 Å². The summed E-state index contributed by atoms with van der Waals surface area (Å²) in [6, 6.07) is 8.37. The van der Waals surface area contributed by atoms with Crippen LogP contribution in [0.25, 0.3) is 10.8 Å². The van der Waals surface area contributed by atoms with Crippen LogP contribution in [0.3, 0.4) is 0 Å². The Morgan fingerprint density at radius 3 is 2.41 bits per heavy atom. The van der Waals surface area contributed by atoms with Gasteiger partial charge < -0.3 is 15.0 Å². The SMILES string of the molecule is CC(=O)[C@@H]1C[C@@H](Oc2nccc3ccccc23)CN1C(=O)[C@@H](NC(=O)CC(C)(C)C)C(C)(C)C. The Morgan fingerprint density at radius 1 is 1.12 bits per heavy atom. The molecule has 1 fully saturated rings. The third-order valence-electron chi connectivity index (χ3n) is 6.04. The number of rotatable bonds is 6. The van der Waals surface area contributed by atoms with Crippen molar-refractivity contribution in [3.8, 4) is 5.88 Å². The number of pyridine rings is 1. The lowest BCUT2D eigenvalue weighted by Crippen LogP contribution is -2.57. The standard InChI is InChI=1S/C27H37N3O4/c1-17(31)21-14-19(34-24-20-11-9-8-10-18(20)12-13-28-24)16-30(21)25(33)23(27(5,6)7)29-22(32)15-26(2,3)4/h8-13,19,21,23H,14-16H2,1-7H3,(H,29,32)/t19-,21+,23-/m1/s1. The van der Waals surface area contributed by atoms with E-state index < -0.39 is 17.5 Å². The average Bonchev–Trinajstić information content (AvgIpc) is 3.14. The number of likely N-dealkylation sites (tertiary alicyclic amines) is 1. The Kier molecular flexibility index (Phi) is 7.34. The maximum Gasteiger partial charge on any atom is 0.246 e. The molecule has 0 radical (unpaired) electrons. The number of ketones is 1. The topological polar surface area (TPSA) is 88.6 Å². The van der Waals surface area contributed by atoms with Crippen molar-refractivity contribution in [3.63, 3.8) is 0 Å². The number of aromatic nitrogens is 1. The molecular weight excluding hydrogens is 430 g/mol. The maximum atomic E-state index is 13.7. The van der Waals surface area contributed by atoms with Crippen LogP contribution >= 0.6 is 0 Å². The third kappa shape index (κ3) is 6.13. The molecule has 184 valence electrons. The Labute approximate surface area is 202 Å². The number of carbonyl (C=O) groups is 3. The molecule has 3 rings (SSSR count). The van der Waals surface area contributed by atoms with Crippen molar-refractivity contribution in [1.82, 2.24) is 15.2 Å². The van der Waals surface area contributed by atoms with Crippen molar-refractivity contribution in [1.29, 1.82) is 0 Å². The summed E-state index contributed by atoms with van der Waals surface area (Å²) in [7, 11) is 0. The number of carbonyl (C=O) groups excluding carboxylic acids is 3. The summed E-state index contributed by atoms with van der Waals surface area (Å²) >= 11 is 0. The van der Waals surface area contributed by atoms with E-state index in [2.05, 4.69) is 10.3 Å². The molecule has 1 saturated heterocycles. The van der Waals surface area contributed by atoms with Gasteiger partial charge >= 0.3 is 0 Å². The summed E-state index contributed by atoms with van der Waals surface area (Å²) in [5.41, 5.74) is -0.725. The monoisotopic (exact) mass is 467 g/mol. The van der Waals surface area contributed by atoms with Crippen LogP contribution in [0.4, 0.5) is 0 Å². The van der Waals surface area contributed by atoms with Crippen molar-refractivity contribution in [2.75, 3.05) is 6.54 Å². The van der Waals surface area contributed by atoms with Crippen LogP contribution < -0.4 is 10.1 Å². The van der Waals surface area contributed by atoms with Gasteiger partial charge in [0.2, 0.25) is 17.7 Å². The van der Waals surface area contributed by atoms with Gasteiger partial charge in [-0.3, -0.25) is 14.4 Å². The number of nitrogens with zero attached hydrogens (tertiary/aromatic N) is 2. The molecule has 7 heteroatoms. The number of fused-ring (bicyclic) bond motifs is 1. The van der Waals surface area contributed by atoms with Crippen LogP contribution in [-0.2, 0) is 14.4 Å². The summed E-state index contributed by atoms with van der Waals surface area (Å²) < 4.78 is 6.22. The second kappa shape index (κ2) is 9.72. The molecule has 2 amide bonds. The summed E-state index contributed by atoms with van der Waals surface area (Å²) in [6.07, 6.45) is 2.01. The number of Topliss-reactive ketones (excluding diaryl/α,β-unsaturated/α-hetero) is 1. The lowest BCUT2D eigenvalue weighted by molar-refractivity contribution is -0.143. The number of nitrogens with one attached hydrogen (secondary N) is 1. The molecule has 2 aromatic rings. The normalized spacial score (nSPS) is 19.7. The fourth-order valence-electron chi connectivity index (χ4n) is 4.36. The molecule has 1 aromatic carbocycles. The summed E-state index contributed by atoms with van der Waals surface area (Å²) in [5, 5.41) is 4.84. The summed E-state index contributed by atoms with van der Waals surface area (Å²) in [6.45, 7) is 13.4. The van der Waals surface area contributed by atoms with Crippen LogP contribution in [0.1, 0.15) is 61.3 Å². The molecule has 0 unspecified atom stereocenters. The lowest BCUT2D eigenvalue weighted by Gasteiger charge is -2.35. The lowest BCUT2D eigenvalue weighted by atomic mass is 9.84. The van der Waals surface area contributed by atoms with E-state index in [1.165, 1.54) is 6.92 Å². The molecule has 34 heavy (non-hydrogen) atoms. The van der Waals surface area contributed by atoms with Gasteiger partial charge in [0, 0.05) is 24.4 Å². The molecule has 3 atom stereocenters. The number of hydrogen-bond donors (Lipinski definition) is 1. The fourth-order valence-corrected chi connectivity index (χ4v) is 4.36. The second-order valence-corrected chi connectivity index (χ2v) is 11.5. The molecule has 0 bridgehead atoms. The van der Waals surface area contributed by atoms with Gasteiger partial charge in [0.15, 0.2) is 5.78 Å². The molecule has 1 N–H and O–H groups in total. The first-order valence-electron chi connectivity index (χ1n) is 11.9. The van der Waals surface area contributed by atoms with Crippen molar-refractivity contribution in [3.05, 3.63) is 36.5 Å². The molecular formula is C27H37N3O4. The van der Waals surface area contributed by atoms with E-state index in [1.807, 2.05) is 71.9 Å². The molecule has 2 heterocycles. The molecule has 1 aliphatic heterocycles. The average molecular weight is 468 g/mol. The highest BCUT2D eigenvalue weighted by atomic mass is 16.5. The highest BCUT2D eigenvalue weighted by Gasteiger charge is 2.44. The zero-order chi connectivity index (χ0) is 25.3. The van der Waals surface area contributed by atoms with E-state index in [0.717, 1.165) is 10.8 Å². The zero-order valence-electron chi connectivity index (χ0n) is 21.3. The number of ether oxygens (including phenoxy) is 1. The number of amides is 2. The van der Waals surface area contributed by atoms with Crippen LogP contribution in [0.15, 0.2) is 36.5 Å². The van der Waals surface area contributed by atoms with E-state index in [-0.39, 0.29) is 35.7 Å². The van der Waals surface area contributed by atoms with Crippen molar-refractivity contribution >= 4 is 28.4 Å². The van der Waals surface area contributed by atoms with E-state index in [0.29, 0.717) is 18.7 Å². The van der Waals surface area contributed by atoms with Crippen LogP contribution in [0.2, 0.25) is 0 Å². The molecule has 0 aliphatic carbocycles. The van der Waals surface area contributed by atoms with Gasteiger partial charge in [-0.2, -0.15) is 0 Å². The van der Waals surface area contributed by atoms with Crippen LogP contribution in [0, 0.1) is 10.8 Å². The smallest absolute Gasteiger partial charge is 0.246 e. The van der Waals surface area contributed by atoms with Crippen molar-refractivity contribution < 1.29 is 19.1 Å². The predicted molar refractivity (Wildman–Crippen MR) is 132 cm³/mol. The molecule has 0 saturated carbocycles. The molecule has 7 nitrogen and oxygen atoms in total. The predicted octanol–water partition coefficient (Wildman–Crippen LogP) is 4.14. The van der Waals surface area contributed by atoms with Gasteiger partial charge in [0.1, 0.15) is 12.1 Å². The minimum atomic E-state index is -0.751. The molecule has 1 aliphatic rings. The van der Waals surface area contributed by atoms with Crippen LogP contribution in [0.5, 0.6) is 5.88 Å². The Balaban J connectivity index is 1.82. The first kappa shape index (κ1) is 25.7. The van der Waals surface area contributed by atoms with Gasteiger partial charge in [-0.25, -0.2) is 4.98 Å². The van der Waals surface area contributed by atoms with E-state index >= 15 is 0 Å². The Hall–Kier alpha value is -2.96.